The maximum atomic E-state index is 14.4. The quantitative estimate of drug-likeness (QED) is 0.102. The number of allylic oxidation sites excluding steroid dienone is 1. The predicted molar refractivity (Wildman–Crippen MR) is 190 cm³/mol. The number of ether oxygens (including phenoxy) is 5. The Morgan fingerprint density at radius 2 is 1.79 bits per heavy atom. The van der Waals surface area contributed by atoms with E-state index in [4.69, 9.17) is 23.7 Å². The number of nitrogens with one attached hydrogen (secondary N) is 2. The van der Waals surface area contributed by atoms with E-state index in [9.17, 15) is 24.0 Å². The third kappa shape index (κ3) is 8.90. The maximum Gasteiger partial charge on any atom is 0.410 e. The molecule has 0 bridgehead atoms. The lowest BCUT2D eigenvalue weighted by Gasteiger charge is -2.27. The van der Waals surface area contributed by atoms with E-state index in [0.717, 1.165) is 30.4 Å². The Hall–Kier alpha value is -4.55. The molecule has 2 aliphatic carbocycles. The number of Topliss-reactive ketones (excluding diaryl/α,β-unsaturated/α-hetero) is 1. The van der Waals surface area contributed by atoms with E-state index in [1.807, 2.05) is 18.2 Å². The minimum atomic E-state index is -1.28. The number of carbonyl (C=O) groups excluding carboxylic acids is 5. The van der Waals surface area contributed by atoms with Gasteiger partial charge in [-0.15, -0.1) is 13.2 Å². The summed E-state index contributed by atoms with van der Waals surface area (Å²) in [5.74, 6) is -2.36. The second-order valence-electron chi connectivity index (χ2n) is 15.0. The molecular formula is C39H53N3O10. The molecule has 0 aromatic heterocycles. The van der Waals surface area contributed by atoms with Crippen molar-refractivity contribution in [3.63, 3.8) is 0 Å². The molecule has 2 fully saturated rings. The average Bonchev–Trinajstić information content (AvgIpc) is 3.40. The van der Waals surface area contributed by atoms with Gasteiger partial charge in [0.05, 0.1) is 25.1 Å². The molecule has 1 aromatic carbocycles. The molecular weight excluding hydrogens is 670 g/mol. The van der Waals surface area contributed by atoms with Crippen LogP contribution in [0.1, 0.15) is 90.2 Å². The molecule has 13 nitrogen and oxygen atoms in total. The van der Waals surface area contributed by atoms with Crippen LogP contribution in [0.4, 0.5) is 9.59 Å². The molecule has 3 amide bonds. The molecule has 2 aliphatic heterocycles. The van der Waals surface area contributed by atoms with Crippen LogP contribution in [0.15, 0.2) is 37.4 Å². The van der Waals surface area contributed by atoms with Crippen molar-refractivity contribution in [3.8, 4) is 11.5 Å². The first-order valence-electron chi connectivity index (χ1n) is 18.4. The monoisotopic (exact) mass is 723 g/mol. The van der Waals surface area contributed by atoms with Gasteiger partial charge in [-0.3, -0.25) is 14.5 Å². The number of nitrogens with zero attached hydrogens (tertiary/aromatic N) is 1. The van der Waals surface area contributed by atoms with E-state index in [2.05, 4.69) is 23.8 Å². The van der Waals surface area contributed by atoms with Crippen LogP contribution in [0.2, 0.25) is 0 Å². The first-order chi connectivity index (χ1) is 24.8. The van der Waals surface area contributed by atoms with Crippen molar-refractivity contribution in [2.45, 2.75) is 115 Å². The highest BCUT2D eigenvalue weighted by Crippen LogP contribution is 2.47. The minimum absolute atomic E-state index is 0.0528. The summed E-state index contributed by atoms with van der Waals surface area (Å²) >= 11 is 0. The second kappa shape index (κ2) is 16.4. The van der Waals surface area contributed by atoms with Crippen molar-refractivity contribution < 1.29 is 47.7 Å². The van der Waals surface area contributed by atoms with Gasteiger partial charge in [-0.05, 0) is 77.8 Å². The van der Waals surface area contributed by atoms with E-state index in [1.165, 1.54) is 0 Å². The fraction of sp³-hybridized carbons (Fsp3) is 0.615. The fourth-order valence-electron chi connectivity index (χ4n) is 7.41. The zero-order valence-corrected chi connectivity index (χ0v) is 30.8. The smallest absolute Gasteiger partial charge is 0.410 e. The molecule has 52 heavy (non-hydrogen) atoms. The number of benzene rings is 1. The van der Waals surface area contributed by atoms with Crippen molar-refractivity contribution in [1.82, 2.24) is 15.5 Å². The van der Waals surface area contributed by atoms with E-state index >= 15 is 0 Å². The van der Waals surface area contributed by atoms with Crippen molar-refractivity contribution in [2.24, 2.45) is 17.8 Å². The molecule has 284 valence electrons. The number of ketones is 1. The molecule has 1 unspecified atom stereocenters. The van der Waals surface area contributed by atoms with Gasteiger partial charge >= 0.3 is 18.2 Å². The number of fused-ring (bicyclic) bond motifs is 3. The normalized spacial score (nSPS) is 24.9. The van der Waals surface area contributed by atoms with Crippen LogP contribution in [0.5, 0.6) is 11.5 Å². The molecule has 0 radical (unpaired) electrons. The number of alkyl carbamates (subject to hydrolysis) is 1. The van der Waals surface area contributed by atoms with Crippen LogP contribution in [0.3, 0.4) is 0 Å². The Morgan fingerprint density at radius 3 is 2.48 bits per heavy atom. The molecule has 1 aromatic rings. The standard InChI is InChI=1S/C39H53N3O10/c1-7-10-11-12-13-14-30(40-36(46)52-38(4,5)6)32(43)27-19-26(20-28(27)34(44)41-39(21-25(39)8-2)35(45)48-9-3)51-37(47)42-22-24-15-16-31-33(29(24)23-42)50-18-17-49-31/h7-8,15-16,25-28,30H,1-2,9-14,17-23H2,3-6H3,(H,40,46)(H,41,44)/t25-,26+,27?,28-,30+,39-/m1/s1. The predicted octanol–water partition coefficient (Wildman–Crippen LogP) is 5.53. The Morgan fingerprint density at radius 1 is 1.04 bits per heavy atom. The zero-order chi connectivity index (χ0) is 37.6. The lowest BCUT2D eigenvalue weighted by Crippen LogP contribution is -2.51. The summed E-state index contributed by atoms with van der Waals surface area (Å²) < 4.78 is 28.4. The van der Waals surface area contributed by atoms with Gasteiger partial charge < -0.3 is 34.3 Å². The number of hydrogen-bond donors (Lipinski definition) is 2. The van der Waals surface area contributed by atoms with E-state index in [0.29, 0.717) is 50.5 Å². The highest BCUT2D eigenvalue weighted by molar-refractivity contribution is 5.97. The lowest BCUT2D eigenvalue weighted by atomic mass is 9.85. The van der Waals surface area contributed by atoms with Crippen LogP contribution >= 0.6 is 0 Å². The van der Waals surface area contributed by atoms with E-state index in [1.54, 1.807) is 38.7 Å². The lowest BCUT2D eigenvalue weighted by molar-refractivity contribution is -0.150. The number of rotatable bonds is 15. The van der Waals surface area contributed by atoms with Crippen molar-refractivity contribution in [3.05, 3.63) is 48.6 Å². The van der Waals surface area contributed by atoms with Crippen molar-refractivity contribution in [1.29, 1.82) is 0 Å². The molecule has 2 saturated carbocycles. The van der Waals surface area contributed by atoms with Crippen LogP contribution < -0.4 is 20.1 Å². The van der Waals surface area contributed by atoms with Gasteiger partial charge in [0, 0.05) is 23.9 Å². The summed E-state index contributed by atoms with van der Waals surface area (Å²) in [6.45, 7) is 16.0. The third-order valence-electron chi connectivity index (χ3n) is 10.1. The number of hydrogen-bond acceptors (Lipinski definition) is 10. The van der Waals surface area contributed by atoms with Crippen LogP contribution in [-0.2, 0) is 41.7 Å². The van der Waals surface area contributed by atoms with Gasteiger partial charge in [-0.1, -0.05) is 31.1 Å². The molecule has 13 heteroatoms. The summed E-state index contributed by atoms with van der Waals surface area (Å²) in [4.78, 5) is 69.7. The van der Waals surface area contributed by atoms with Crippen molar-refractivity contribution in [2.75, 3.05) is 19.8 Å². The first kappa shape index (κ1) is 38.7. The van der Waals surface area contributed by atoms with Crippen LogP contribution in [-0.4, -0.2) is 77.9 Å². The first-order valence-corrected chi connectivity index (χ1v) is 18.4. The maximum absolute atomic E-state index is 14.4. The number of amides is 3. The largest absolute Gasteiger partial charge is 0.486 e. The van der Waals surface area contributed by atoms with Gasteiger partial charge in [0.15, 0.2) is 17.3 Å². The summed E-state index contributed by atoms with van der Waals surface area (Å²) in [6.07, 6.45) is 5.28. The average molecular weight is 724 g/mol. The molecule has 4 aliphatic rings. The van der Waals surface area contributed by atoms with Gasteiger partial charge in [0.2, 0.25) is 5.91 Å². The molecule has 2 heterocycles. The number of carbonyl (C=O) groups is 5. The zero-order valence-electron chi connectivity index (χ0n) is 30.8. The summed E-state index contributed by atoms with van der Waals surface area (Å²) in [5.41, 5.74) is -0.284. The summed E-state index contributed by atoms with van der Waals surface area (Å²) in [7, 11) is 0. The van der Waals surface area contributed by atoms with Crippen LogP contribution in [0, 0.1) is 17.8 Å². The Kier molecular flexibility index (Phi) is 12.2. The van der Waals surface area contributed by atoms with Gasteiger partial charge in [-0.2, -0.15) is 0 Å². The Labute approximate surface area is 305 Å². The molecule has 5 rings (SSSR count). The van der Waals surface area contributed by atoms with Crippen LogP contribution in [0.25, 0.3) is 0 Å². The minimum Gasteiger partial charge on any atom is -0.486 e. The van der Waals surface area contributed by atoms with E-state index < -0.39 is 59.2 Å². The summed E-state index contributed by atoms with van der Waals surface area (Å²) in [5, 5.41) is 5.65. The van der Waals surface area contributed by atoms with Gasteiger partial charge in [0.1, 0.15) is 30.5 Å². The third-order valence-corrected chi connectivity index (χ3v) is 10.1. The number of esters is 1. The van der Waals surface area contributed by atoms with E-state index in [-0.39, 0.29) is 37.7 Å². The highest BCUT2D eigenvalue weighted by atomic mass is 16.6. The Bertz CT molecular complexity index is 1550. The SMILES string of the molecule is C=CCCCCC[C@H](NC(=O)OC(C)(C)C)C(=O)C1C[C@H](OC(=O)N2Cc3ccc4c(c3C2)OCCO4)C[C@H]1C(=O)N[C@]1(C(=O)OCC)C[C@H]1C=C. The number of unbranched alkanes of at least 4 members (excludes halogenated alkanes) is 3. The molecule has 0 spiro atoms. The fourth-order valence-corrected chi connectivity index (χ4v) is 7.41. The Balaban J connectivity index is 1.35. The van der Waals surface area contributed by atoms with Crippen molar-refractivity contribution >= 4 is 29.8 Å². The molecule has 0 saturated heterocycles. The highest BCUT2D eigenvalue weighted by Gasteiger charge is 2.62. The second-order valence-corrected chi connectivity index (χ2v) is 15.0. The van der Waals surface area contributed by atoms with Gasteiger partial charge in [0.25, 0.3) is 0 Å². The summed E-state index contributed by atoms with van der Waals surface area (Å²) in [6, 6.07) is 2.79. The molecule has 2 N–H and O–H groups in total. The topological polar surface area (TPSA) is 159 Å². The van der Waals surface area contributed by atoms with Gasteiger partial charge in [-0.25, -0.2) is 14.4 Å². The molecule has 6 atom stereocenters.